The normalized spacial score (nSPS) is 17.8. The predicted molar refractivity (Wildman–Crippen MR) is 151 cm³/mol. The lowest BCUT2D eigenvalue weighted by Crippen LogP contribution is -2.45. The van der Waals surface area contributed by atoms with E-state index in [1.165, 1.54) is 12.1 Å². The molecule has 5 rings (SSSR count). The van der Waals surface area contributed by atoms with Gasteiger partial charge in [-0.05, 0) is 62.4 Å². The molecule has 9 nitrogen and oxygen atoms in total. The lowest BCUT2D eigenvalue weighted by Gasteiger charge is -2.36. The number of benzene rings is 1. The van der Waals surface area contributed by atoms with Gasteiger partial charge in [-0.1, -0.05) is 12.1 Å². The summed E-state index contributed by atoms with van der Waals surface area (Å²) in [6, 6.07) is 15.7. The summed E-state index contributed by atoms with van der Waals surface area (Å²) in [6.45, 7) is 5.53. The maximum atomic E-state index is 12.7. The molecular formula is C29H28F3N5O4S. The van der Waals surface area contributed by atoms with Gasteiger partial charge in [-0.3, -0.25) is 9.78 Å². The van der Waals surface area contributed by atoms with Gasteiger partial charge in [-0.2, -0.15) is 13.2 Å². The summed E-state index contributed by atoms with van der Waals surface area (Å²) in [5.41, 5.74) is 2.40. The number of nitrogens with zero attached hydrogens (tertiary/aromatic N) is 4. The molecule has 0 aliphatic carbocycles. The lowest BCUT2D eigenvalue weighted by atomic mass is 10.1. The Hall–Kier alpha value is -4.10. The van der Waals surface area contributed by atoms with Gasteiger partial charge in [0.1, 0.15) is 5.82 Å². The van der Waals surface area contributed by atoms with E-state index >= 15 is 0 Å². The second kappa shape index (κ2) is 11.6. The SMILES string of the molecule is C[C@@H]1CN(c2cccc(-c3ccc4cnc(CNC(=O)c5cccc(S(=O)(=O)CC(F)(F)F)c5)cc4n3)n2)C[C@H](C)O1. The van der Waals surface area contributed by atoms with Crippen LogP contribution in [-0.2, 0) is 21.1 Å². The van der Waals surface area contributed by atoms with Crippen molar-refractivity contribution in [3.05, 3.63) is 78.1 Å². The summed E-state index contributed by atoms with van der Waals surface area (Å²) < 4.78 is 68.1. The van der Waals surface area contributed by atoms with Crippen molar-refractivity contribution in [2.75, 3.05) is 23.7 Å². The van der Waals surface area contributed by atoms with Crippen LogP contribution >= 0.6 is 0 Å². The quantitative estimate of drug-likeness (QED) is 0.329. The van der Waals surface area contributed by atoms with Crippen LogP contribution in [0.15, 0.2) is 71.8 Å². The number of nitrogens with one attached hydrogen (secondary N) is 1. The molecule has 1 aliphatic heterocycles. The molecule has 1 N–H and O–H groups in total. The minimum absolute atomic E-state index is 0.0126. The predicted octanol–water partition coefficient (Wildman–Crippen LogP) is 4.57. The molecule has 0 spiro atoms. The largest absolute Gasteiger partial charge is 0.403 e. The van der Waals surface area contributed by atoms with E-state index in [1.54, 1.807) is 12.3 Å². The summed E-state index contributed by atoms with van der Waals surface area (Å²) in [4.78, 5) is 28.2. The number of anilines is 1. The molecular weight excluding hydrogens is 571 g/mol. The van der Waals surface area contributed by atoms with Crippen LogP contribution in [0.1, 0.15) is 29.9 Å². The number of aromatic nitrogens is 3. The Morgan fingerprint density at radius 1 is 1.00 bits per heavy atom. The van der Waals surface area contributed by atoms with E-state index < -0.39 is 32.6 Å². The third-order valence-corrected chi connectivity index (χ3v) is 8.29. The minimum Gasteiger partial charge on any atom is -0.372 e. The summed E-state index contributed by atoms with van der Waals surface area (Å²) in [7, 11) is -4.65. The molecule has 0 saturated carbocycles. The van der Waals surface area contributed by atoms with Gasteiger partial charge in [0, 0.05) is 30.2 Å². The van der Waals surface area contributed by atoms with Crippen LogP contribution in [0.5, 0.6) is 0 Å². The van der Waals surface area contributed by atoms with Crippen LogP contribution in [-0.4, -0.2) is 66.5 Å². The summed E-state index contributed by atoms with van der Waals surface area (Å²) in [5.74, 6) is -1.83. The van der Waals surface area contributed by atoms with Gasteiger partial charge in [0.25, 0.3) is 5.91 Å². The summed E-state index contributed by atoms with van der Waals surface area (Å²) in [5, 5.41) is 3.41. The van der Waals surface area contributed by atoms with E-state index in [9.17, 15) is 26.4 Å². The first-order valence-electron chi connectivity index (χ1n) is 13.2. The Labute approximate surface area is 240 Å². The van der Waals surface area contributed by atoms with Crippen molar-refractivity contribution < 1.29 is 31.1 Å². The van der Waals surface area contributed by atoms with Gasteiger partial charge in [0.2, 0.25) is 0 Å². The van der Waals surface area contributed by atoms with Crippen molar-refractivity contribution in [2.45, 2.75) is 43.7 Å². The van der Waals surface area contributed by atoms with Crippen molar-refractivity contribution in [3.8, 4) is 11.4 Å². The Morgan fingerprint density at radius 3 is 2.45 bits per heavy atom. The highest BCUT2D eigenvalue weighted by Crippen LogP contribution is 2.25. The van der Waals surface area contributed by atoms with Crippen LogP contribution in [0, 0.1) is 0 Å². The van der Waals surface area contributed by atoms with Gasteiger partial charge in [0.15, 0.2) is 15.6 Å². The second-order valence-electron chi connectivity index (χ2n) is 10.2. The number of carbonyl (C=O) groups excluding carboxylic acids is 1. The minimum atomic E-state index is -4.90. The number of alkyl halides is 3. The standard InChI is InChI=1S/C29H28F3N5O4S/c1-18-15-37(16-19(2)41-18)27-8-4-7-24(36-27)25-10-9-21-13-33-22(12-26(21)35-25)14-34-28(38)20-5-3-6-23(11-20)42(39,40)17-29(30,31)32/h3-13,18-19H,14-17H2,1-2H3,(H,34,38)/t18-,19+. The molecule has 1 amide bonds. The van der Waals surface area contributed by atoms with Crippen LogP contribution in [0.4, 0.5) is 19.0 Å². The Morgan fingerprint density at radius 2 is 1.71 bits per heavy atom. The van der Waals surface area contributed by atoms with Gasteiger partial charge < -0.3 is 15.0 Å². The first kappa shape index (κ1) is 29.4. The fraction of sp³-hybridized carbons (Fsp3) is 0.310. The number of carbonyl (C=O) groups is 1. The fourth-order valence-corrected chi connectivity index (χ4v) is 6.00. The van der Waals surface area contributed by atoms with E-state index in [4.69, 9.17) is 14.7 Å². The number of rotatable bonds is 7. The molecule has 1 aromatic carbocycles. The number of hydrogen-bond donors (Lipinski definition) is 1. The number of ether oxygens (including phenoxy) is 1. The molecule has 0 bridgehead atoms. The van der Waals surface area contributed by atoms with Crippen molar-refractivity contribution in [1.29, 1.82) is 0 Å². The van der Waals surface area contributed by atoms with Crippen LogP contribution in [0.25, 0.3) is 22.3 Å². The van der Waals surface area contributed by atoms with Crippen molar-refractivity contribution in [3.63, 3.8) is 0 Å². The fourth-order valence-electron chi connectivity index (χ4n) is 4.81. The van der Waals surface area contributed by atoms with Crippen molar-refractivity contribution in [1.82, 2.24) is 20.3 Å². The molecule has 2 atom stereocenters. The molecule has 0 radical (unpaired) electrons. The number of hydrogen-bond acceptors (Lipinski definition) is 8. The number of amides is 1. The van der Waals surface area contributed by atoms with E-state index in [0.717, 1.165) is 36.4 Å². The Kier molecular flexibility index (Phi) is 8.15. The molecule has 1 aliphatic rings. The summed E-state index contributed by atoms with van der Waals surface area (Å²) in [6.07, 6.45) is -3.09. The first-order chi connectivity index (χ1) is 19.9. The molecule has 1 fully saturated rings. The van der Waals surface area contributed by atoms with E-state index in [2.05, 4.69) is 15.2 Å². The molecule has 0 unspecified atom stereocenters. The number of sulfone groups is 1. The van der Waals surface area contributed by atoms with E-state index in [1.807, 2.05) is 44.2 Å². The molecule has 13 heteroatoms. The lowest BCUT2D eigenvalue weighted by molar-refractivity contribution is -0.106. The van der Waals surface area contributed by atoms with Gasteiger partial charge in [-0.25, -0.2) is 18.4 Å². The maximum absolute atomic E-state index is 12.7. The highest BCUT2D eigenvalue weighted by molar-refractivity contribution is 7.91. The summed E-state index contributed by atoms with van der Waals surface area (Å²) >= 11 is 0. The first-order valence-corrected chi connectivity index (χ1v) is 14.8. The topological polar surface area (TPSA) is 114 Å². The average Bonchev–Trinajstić information content (AvgIpc) is 2.94. The third kappa shape index (κ3) is 7.02. The zero-order valence-corrected chi connectivity index (χ0v) is 23.6. The third-order valence-electron chi connectivity index (χ3n) is 6.61. The molecule has 4 aromatic rings. The molecule has 3 aromatic heterocycles. The van der Waals surface area contributed by atoms with Crippen LogP contribution < -0.4 is 10.2 Å². The molecule has 220 valence electrons. The van der Waals surface area contributed by atoms with E-state index in [-0.39, 0.29) is 24.3 Å². The second-order valence-corrected chi connectivity index (χ2v) is 12.2. The van der Waals surface area contributed by atoms with Gasteiger partial charge in [0.05, 0.1) is 46.2 Å². The molecule has 4 heterocycles. The van der Waals surface area contributed by atoms with Crippen molar-refractivity contribution >= 4 is 32.5 Å². The zero-order chi connectivity index (χ0) is 30.1. The highest BCUT2D eigenvalue weighted by atomic mass is 32.2. The Bertz CT molecular complexity index is 1720. The van der Waals surface area contributed by atoms with Crippen molar-refractivity contribution in [2.24, 2.45) is 0 Å². The van der Waals surface area contributed by atoms with Gasteiger partial charge >= 0.3 is 6.18 Å². The van der Waals surface area contributed by atoms with Crippen LogP contribution in [0.3, 0.4) is 0 Å². The van der Waals surface area contributed by atoms with Crippen LogP contribution in [0.2, 0.25) is 0 Å². The monoisotopic (exact) mass is 599 g/mol. The highest BCUT2D eigenvalue weighted by Gasteiger charge is 2.36. The number of morpholine rings is 1. The maximum Gasteiger partial charge on any atom is 0.403 e. The van der Waals surface area contributed by atoms with E-state index in [0.29, 0.717) is 22.6 Å². The number of pyridine rings is 3. The Balaban J connectivity index is 1.31. The molecule has 1 saturated heterocycles. The van der Waals surface area contributed by atoms with Gasteiger partial charge in [-0.15, -0.1) is 0 Å². The number of halogens is 3. The zero-order valence-electron chi connectivity index (χ0n) is 22.8. The smallest absolute Gasteiger partial charge is 0.372 e. The molecule has 42 heavy (non-hydrogen) atoms. The number of fused-ring (bicyclic) bond motifs is 1. The average molecular weight is 600 g/mol.